The molecular weight excluding hydrogens is 326 g/mol. The first kappa shape index (κ1) is 19.2. The van der Waals surface area contributed by atoms with Crippen molar-refractivity contribution in [3.63, 3.8) is 0 Å². The number of hydrogen-bond donors (Lipinski definition) is 0. The van der Waals surface area contributed by atoms with E-state index >= 15 is 0 Å². The lowest BCUT2D eigenvalue weighted by atomic mass is 10.0. The third-order valence-electron chi connectivity index (χ3n) is 5.88. The molecule has 3 rings (SSSR count). The summed E-state index contributed by atoms with van der Waals surface area (Å²) in [6.45, 7) is 10.9. The maximum atomic E-state index is 12.8. The first-order valence-corrected chi connectivity index (χ1v) is 10.1. The van der Waals surface area contributed by atoms with E-state index in [9.17, 15) is 9.59 Å². The molecule has 1 aliphatic heterocycles. The van der Waals surface area contributed by atoms with Gasteiger partial charge in [0.15, 0.2) is 0 Å². The van der Waals surface area contributed by atoms with Gasteiger partial charge in [0.2, 0.25) is 5.91 Å². The first-order valence-electron chi connectivity index (χ1n) is 10.1. The van der Waals surface area contributed by atoms with Crippen LogP contribution in [0.4, 0.5) is 0 Å². The average molecular weight is 360 g/mol. The molecule has 1 amide bonds. The highest BCUT2D eigenvalue weighted by Crippen LogP contribution is 2.31. The molecule has 5 heteroatoms. The molecule has 0 N–H and O–H groups in total. The number of nitrogens with zero attached hydrogens (tertiary/aromatic N) is 3. The second-order valence-electron chi connectivity index (χ2n) is 8.35. The van der Waals surface area contributed by atoms with Crippen LogP contribution in [-0.4, -0.2) is 52.5 Å². The molecule has 0 radical (unpaired) electrons. The van der Waals surface area contributed by atoms with Crippen LogP contribution in [0, 0.1) is 18.8 Å². The Labute approximate surface area is 157 Å². The predicted octanol–water partition coefficient (Wildman–Crippen LogP) is 2.52. The minimum atomic E-state index is -0.0238. The number of pyridine rings is 1. The van der Waals surface area contributed by atoms with Crippen molar-refractivity contribution in [1.29, 1.82) is 0 Å². The van der Waals surface area contributed by atoms with Crippen LogP contribution in [0.3, 0.4) is 0 Å². The van der Waals surface area contributed by atoms with E-state index in [0.29, 0.717) is 24.9 Å². The molecule has 1 unspecified atom stereocenters. The zero-order valence-corrected chi connectivity index (χ0v) is 16.5. The normalized spacial score (nSPS) is 21.8. The Balaban J connectivity index is 1.62. The summed E-state index contributed by atoms with van der Waals surface area (Å²) in [4.78, 5) is 29.5. The third-order valence-corrected chi connectivity index (χ3v) is 5.88. The molecule has 1 aliphatic carbocycles. The van der Waals surface area contributed by atoms with Gasteiger partial charge in [0.05, 0.1) is 0 Å². The number of amides is 1. The van der Waals surface area contributed by atoms with Crippen molar-refractivity contribution in [2.24, 2.45) is 11.8 Å². The summed E-state index contributed by atoms with van der Waals surface area (Å²) in [7, 11) is 0. The summed E-state index contributed by atoms with van der Waals surface area (Å²) in [6.07, 6.45) is 4.19. The van der Waals surface area contributed by atoms with Crippen molar-refractivity contribution in [3.05, 3.63) is 34.2 Å². The minimum absolute atomic E-state index is 0.0238. The fraction of sp³-hybridized carbons (Fsp3) is 0.714. The number of aromatic nitrogens is 1. The quantitative estimate of drug-likeness (QED) is 0.784. The van der Waals surface area contributed by atoms with E-state index in [0.717, 1.165) is 37.7 Å². The molecule has 0 spiro atoms. The molecule has 1 aromatic heterocycles. The second kappa shape index (κ2) is 8.38. The summed E-state index contributed by atoms with van der Waals surface area (Å²) in [5, 5.41) is 0. The summed E-state index contributed by atoms with van der Waals surface area (Å²) in [5.74, 6) is 1.60. The summed E-state index contributed by atoms with van der Waals surface area (Å²) in [5.41, 5.74) is 0.890. The molecule has 2 fully saturated rings. The molecule has 0 bridgehead atoms. The van der Waals surface area contributed by atoms with Crippen LogP contribution >= 0.6 is 0 Å². The van der Waals surface area contributed by atoms with Gasteiger partial charge < -0.3 is 9.47 Å². The predicted molar refractivity (Wildman–Crippen MR) is 104 cm³/mol. The molecule has 2 aliphatic rings. The lowest BCUT2D eigenvalue weighted by Crippen LogP contribution is -2.46. The molecule has 1 aromatic rings. The highest BCUT2D eigenvalue weighted by atomic mass is 16.2. The average Bonchev–Trinajstić information content (AvgIpc) is 3.41. The van der Waals surface area contributed by atoms with Gasteiger partial charge in [-0.2, -0.15) is 0 Å². The highest BCUT2D eigenvalue weighted by Gasteiger charge is 2.33. The van der Waals surface area contributed by atoms with Gasteiger partial charge in [-0.05, 0) is 44.1 Å². The van der Waals surface area contributed by atoms with Crippen molar-refractivity contribution in [3.8, 4) is 0 Å². The molecule has 1 atom stereocenters. The van der Waals surface area contributed by atoms with Gasteiger partial charge in [-0.3, -0.25) is 14.5 Å². The van der Waals surface area contributed by atoms with Crippen molar-refractivity contribution < 1.29 is 4.79 Å². The van der Waals surface area contributed by atoms with E-state index in [1.54, 1.807) is 16.7 Å². The smallest absolute Gasteiger partial charge is 0.250 e. The van der Waals surface area contributed by atoms with E-state index in [-0.39, 0.29) is 11.5 Å². The first-order chi connectivity index (χ1) is 12.5. The van der Waals surface area contributed by atoms with Gasteiger partial charge in [0.25, 0.3) is 5.56 Å². The topological polar surface area (TPSA) is 45.6 Å². The van der Waals surface area contributed by atoms with Gasteiger partial charge in [-0.15, -0.1) is 0 Å². The van der Waals surface area contributed by atoms with Crippen molar-refractivity contribution >= 4 is 5.91 Å². The Bertz CT molecular complexity index is 678. The molecule has 144 valence electrons. The van der Waals surface area contributed by atoms with Crippen LogP contribution in [0.25, 0.3) is 0 Å². The number of rotatable bonds is 6. The Kier molecular flexibility index (Phi) is 6.17. The van der Waals surface area contributed by atoms with E-state index in [1.165, 1.54) is 19.4 Å². The van der Waals surface area contributed by atoms with Crippen LogP contribution in [-0.2, 0) is 11.3 Å². The lowest BCUT2D eigenvalue weighted by Gasteiger charge is -2.34. The van der Waals surface area contributed by atoms with Gasteiger partial charge in [0.1, 0.15) is 0 Å². The Hall–Kier alpha value is -1.62. The molecule has 5 nitrogen and oxygen atoms in total. The van der Waals surface area contributed by atoms with E-state index < -0.39 is 0 Å². The molecule has 1 saturated carbocycles. The van der Waals surface area contributed by atoms with Gasteiger partial charge in [0, 0.05) is 56.9 Å². The van der Waals surface area contributed by atoms with E-state index in [1.807, 2.05) is 17.9 Å². The Morgan fingerprint density at radius 3 is 2.65 bits per heavy atom. The lowest BCUT2D eigenvalue weighted by molar-refractivity contribution is -0.132. The van der Waals surface area contributed by atoms with Crippen LogP contribution in [0.5, 0.6) is 0 Å². The van der Waals surface area contributed by atoms with Gasteiger partial charge >= 0.3 is 0 Å². The third kappa shape index (κ3) is 4.76. The second-order valence-corrected chi connectivity index (χ2v) is 8.35. The maximum absolute atomic E-state index is 12.8. The highest BCUT2D eigenvalue weighted by molar-refractivity contribution is 5.76. The Morgan fingerprint density at radius 1 is 1.23 bits per heavy atom. The number of hydrogen-bond acceptors (Lipinski definition) is 3. The van der Waals surface area contributed by atoms with Crippen LogP contribution in [0.15, 0.2) is 23.0 Å². The standard InChI is InChI=1S/C21H33N3O2/c1-16(2)19-15-23(12-5-11-22(19)14-18-8-9-18)20(25)10-13-24-17(3)6-4-7-21(24)26/h4,6-7,16,18-19H,5,8-15H2,1-3H3. The van der Waals surface area contributed by atoms with Gasteiger partial charge in [-0.1, -0.05) is 19.9 Å². The molecule has 26 heavy (non-hydrogen) atoms. The van der Waals surface area contributed by atoms with Crippen LogP contribution in [0.1, 0.15) is 45.2 Å². The molecule has 1 saturated heterocycles. The maximum Gasteiger partial charge on any atom is 0.250 e. The fourth-order valence-corrected chi connectivity index (χ4v) is 4.06. The molecular formula is C21H33N3O2. The number of carbonyl (C=O) groups is 1. The fourth-order valence-electron chi connectivity index (χ4n) is 4.06. The van der Waals surface area contributed by atoms with E-state index in [2.05, 4.69) is 18.7 Å². The SMILES string of the molecule is Cc1cccc(=O)n1CCC(=O)N1CCCN(CC2CC2)C(C(C)C)C1. The monoisotopic (exact) mass is 359 g/mol. The zero-order chi connectivity index (χ0) is 18.7. The summed E-state index contributed by atoms with van der Waals surface area (Å²) >= 11 is 0. The summed E-state index contributed by atoms with van der Waals surface area (Å²) in [6, 6.07) is 5.70. The van der Waals surface area contributed by atoms with E-state index in [4.69, 9.17) is 0 Å². The number of carbonyl (C=O) groups excluding carboxylic acids is 1. The van der Waals surface area contributed by atoms with Crippen molar-refractivity contribution in [1.82, 2.24) is 14.4 Å². The number of aryl methyl sites for hydroxylation is 1. The molecule has 0 aromatic carbocycles. The van der Waals surface area contributed by atoms with Crippen molar-refractivity contribution in [2.45, 2.75) is 59.0 Å². The largest absolute Gasteiger partial charge is 0.341 e. The minimum Gasteiger partial charge on any atom is -0.341 e. The Morgan fingerprint density at radius 2 is 2.00 bits per heavy atom. The van der Waals surface area contributed by atoms with Crippen molar-refractivity contribution in [2.75, 3.05) is 26.2 Å². The van der Waals surface area contributed by atoms with Crippen LogP contribution < -0.4 is 5.56 Å². The van der Waals surface area contributed by atoms with Gasteiger partial charge in [-0.25, -0.2) is 0 Å². The molecule has 2 heterocycles. The summed E-state index contributed by atoms with van der Waals surface area (Å²) < 4.78 is 1.70. The van der Waals surface area contributed by atoms with Crippen LogP contribution in [0.2, 0.25) is 0 Å². The zero-order valence-electron chi connectivity index (χ0n) is 16.5.